The lowest BCUT2D eigenvalue weighted by Crippen LogP contribution is -2.64. The summed E-state index contributed by atoms with van der Waals surface area (Å²) in [5, 5.41) is 17.7. The summed E-state index contributed by atoms with van der Waals surface area (Å²) in [5.41, 5.74) is 3.43. The van der Waals surface area contributed by atoms with E-state index in [1.807, 2.05) is 0 Å². The van der Waals surface area contributed by atoms with Gasteiger partial charge in [0.15, 0.2) is 0 Å². The summed E-state index contributed by atoms with van der Waals surface area (Å²) >= 11 is 0. The predicted molar refractivity (Wildman–Crippen MR) is 62.0 cm³/mol. The van der Waals surface area contributed by atoms with Gasteiger partial charge in [-0.1, -0.05) is 6.42 Å². The molecule has 0 aromatic heterocycles. The fraction of sp³-hybridized carbons (Fsp3) is 0.700. The third-order valence-electron chi connectivity index (χ3n) is 2.48. The molecule has 0 spiro atoms. The summed E-state index contributed by atoms with van der Waals surface area (Å²) in [6.45, 7) is 1.12. The van der Waals surface area contributed by atoms with Gasteiger partial charge in [-0.3, -0.25) is 15.3 Å². The first-order chi connectivity index (χ1) is 8.19. The van der Waals surface area contributed by atoms with Crippen LogP contribution in [0.1, 0.15) is 39.0 Å². The van der Waals surface area contributed by atoms with E-state index in [0.717, 1.165) is 6.92 Å². The van der Waals surface area contributed by atoms with Gasteiger partial charge in [-0.25, -0.2) is 15.6 Å². The number of carboxylic acids is 2. The first kappa shape index (κ1) is 16.3. The SMILES string of the molecule is C[C@](N)(C(=O)O)N(N)C(=O)CCCCCC(=O)O. The number of unbranched alkanes of at least 4 members (excludes halogenated alkanes) is 2. The molecular weight excluding hydrogens is 242 g/mol. The Balaban J connectivity index is 4.03. The quantitative estimate of drug-likeness (QED) is 0.151. The summed E-state index contributed by atoms with van der Waals surface area (Å²) in [6, 6.07) is 0. The lowest BCUT2D eigenvalue weighted by molar-refractivity contribution is -0.158. The first-order valence-corrected chi connectivity index (χ1v) is 5.51. The molecule has 0 saturated carbocycles. The van der Waals surface area contributed by atoms with Gasteiger partial charge in [-0.05, 0) is 19.8 Å². The second-order valence-corrected chi connectivity index (χ2v) is 4.17. The molecule has 0 aliphatic heterocycles. The van der Waals surface area contributed by atoms with Gasteiger partial charge in [0, 0.05) is 12.8 Å². The highest BCUT2D eigenvalue weighted by Crippen LogP contribution is 2.09. The highest BCUT2D eigenvalue weighted by atomic mass is 16.4. The number of nitrogens with zero attached hydrogens (tertiary/aromatic N) is 1. The predicted octanol–water partition coefficient (Wildman–Crippen LogP) is -0.517. The van der Waals surface area contributed by atoms with Crippen LogP contribution in [0.4, 0.5) is 0 Å². The molecule has 8 heteroatoms. The molecule has 1 amide bonds. The molecule has 0 fully saturated rings. The Kier molecular flexibility index (Phi) is 6.28. The van der Waals surface area contributed by atoms with E-state index in [2.05, 4.69) is 0 Å². The van der Waals surface area contributed by atoms with Gasteiger partial charge < -0.3 is 10.2 Å². The van der Waals surface area contributed by atoms with Crippen molar-refractivity contribution in [2.24, 2.45) is 11.6 Å². The van der Waals surface area contributed by atoms with Crippen LogP contribution < -0.4 is 11.6 Å². The normalized spacial score (nSPS) is 13.7. The fourth-order valence-electron chi connectivity index (χ4n) is 1.21. The molecule has 0 aliphatic rings. The summed E-state index contributed by atoms with van der Waals surface area (Å²) in [4.78, 5) is 32.5. The van der Waals surface area contributed by atoms with Crippen LogP contribution in [0.3, 0.4) is 0 Å². The Morgan fingerprint density at radius 2 is 1.61 bits per heavy atom. The fourth-order valence-corrected chi connectivity index (χ4v) is 1.21. The van der Waals surface area contributed by atoms with E-state index in [1.165, 1.54) is 0 Å². The molecule has 0 unspecified atom stereocenters. The van der Waals surface area contributed by atoms with Crippen LogP contribution >= 0.6 is 0 Å². The van der Waals surface area contributed by atoms with Crippen molar-refractivity contribution in [1.29, 1.82) is 0 Å². The second kappa shape index (κ2) is 6.92. The number of hydrogen-bond donors (Lipinski definition) is 4. The number of carboxylic acid groups (broad SMARTS) is 2. The van der Waals surface area contributed by atoms with Crippen molar-refractivity contribution in [3.8, 4) is 0 Å². The number of nitrogens with two attached hydrogens (primary N) is 2. The first-order valence-electron chi connectivity index (χ1n) is 5.51. The average Bonchev–Trinajstić information content (AvgIpc) is 2.26. The number of rotatable bonds is 8. The molecule has 0 aromatic carbocycles. The van der Waals surface area contributed by atoms with Crippen LogP contribution in [-0.4, -0.2) is 38.7 Å². The summed E-state index contributed by atoms with van der Waals surface area (Å²) in [5.74, 6) is 2.47. The number of hydrogen-bond acceptors (Lipinski definition) is 5. The maximum atomic E-state index is 11.5. The minimum Gasteiger partial charge on any atom is -0.481 e. The molecule has 0 rings (SSSR count). The number of carbonyl (C=O) groups is 3. The van der Waals surface area contributed by atoms with Crippen molar-refractivity contribution >= 4 is 17.8 Å². The molecular formula is C10H19N3O5. The van der Waals surface area contributed by atoms with Gasteiger partial charge in [-0.2, -0.15) is 0 Å². The monoisotopic (exact) mass is 261 g/mol. The summed E-state index contributed by atoms with van der Waals surface area (Å²) in [6.07, 6.45) is 1.54. The third kappa shape index (κ3) is 5.11. The Labute approximate surface area is 105 Å². The van der Waals surface area contributed by atoms with E-state index in [1.54, 1.807) is 0 Å². The Bertz CT molecular complexity index is 329. The van der Waals surface area contributed by atoms with E-state index in [4.69, 9.17) is 21.8 Å². The maximum absolute atomic E-state index is 11.5. The number of amides is 1. The van der Waals surface area contributed by atoms with Crippen LogP contribution in [0.25, 0.3) is 0 Å². The van der Waals surface area contributed by atoms with Crippen molar-refractivity contribution in [1.82, 2.24) is 5.01 Å². The number of aliphatic carboxylic acids is 2. The highest BCUT2D eigenvalue weighted by molar-refractivity contribution is 5.85. The standard InChI is InChI=1S/C10H19N3O5/c1-10(11,9(17)18)13(12)7(14)5-3-2-4-6-8(15)16/h2-6,11-12H2,1H3,(H,15,16)(H,17,18)/t10-/m1/s1. The average molecular weight is 261 g/mol. The second-order valence-electron chi connectivity index (χ2n) is 4.17. The van der Waals surface area contributed by atoms with Crippen molar-refractivity contribution in [2.75, 3.05) is 0 Å². The Morgan fingerprint density at radius 3 is 2.06 bits per heavy atom. The molecule has 6 N–H and O–H groups in total. The van der Waals surface area contributed by atoms with Gasteiger partial charge in [0.05, 0.1) is 0 Å². The van der Waals surface area contributed by atoms with Gasteiger partial charge in [-0.15, -0.1) is 0 Å². The lowest BCUT2D eigenvalue weighted by atomic mass is 10.1. The van der Waals surface area contributed by atoms with Crippen molar-refractivity contribution in [3.63, 3.8) is 0 Å². The largest absolute Gasteiger partial charge is 0.481 e. The van der Waals surface area contributed by atoms with E-state index < -0.39 is 23.5 Å². The third-order valence-corrected chi connectivity index (χ3v) is 2.48. The molecule has 8 nitrogen and oxygen atoms in total. The smallest absolute Gasteiger partial charge is 0.345 e. The van der Waals surface area contributed by atoms with Crippen molar-refractivity contribution in [3.05, 3.63) is 0 Å². The molecule has 0 heterocycles. The zero-order valence-corrected chi connectivity index (χ0v) is 10.3. The molecule has 104 valence electrons. The zero-order valence-electron chi connectivity index (χ0n) is 10.3. The van der Waals surface area contributed by atoms with Gasteiger partial charge in [0.1, 0.15) is 0 Å². The van der Waals surface area contributed by atoms with Crippen LogP contribution in [0.15, 0.2) is 0 Å². The molecule has 18 heavy (non-hydrogen) atoms. The Hall–Kier alpha value is -1.67. The molecule has 0 radical (unpaired) electrons. The number of carbonyl (C=O) groups excluding carboxylic acids is 1. The summed E-state index contributed by atoms with van der Waals surface area (Å²) in [7, 11) is 0. The molecule has 0 saturated heterocycles. The zero-order chi connectivity index (χ0) is 14.3. The van der Waals surface area contributed by atoms with Crippen molar-refractivity contribution in [2.45, 2.75) is 44.7 Å². The van der Waals surface area contributed by atoms with Gasteiger partial charge in [0.25, 0.3) is 0 Å². The highest BCUT2D eigenvalue weighted by Gasteiger charge is 2.36. The lowest BCUT2D eigenvalue weighted by Gasteiger charge is -2.30. The molecule has 1 atom stereocenters. The summed E-state index contributed by atoms with van der Waals surface area (Å²) < 4.78 is 0. The van der Waals surface area contributed by atoms with Gasteiger partial charge in [0.2, 0.25) is 11.6 Å². The van der Waals surface area contributed by atoms with E-state index in [-0.39, 0.29) is 12.8 Å². The van der Waals surface area contributed by atoms with E-state index in [0.29, 0.717) is 24.3 Å². The van der Waals surface area contributed by atoms with Crippen LogP contribution in [0.5, 0.6) is 0 Å². The van der Waals surface area contributed by atoms with Gasteiger partial charge >= 0.3 is 11.9 Å². The minimum atomic E-state index is -1.95. The minimum absolute atomic E-state index is 0.0379. The van der Waals surface area contributed by atoms with Crippen molar-refractivity contribution < 1.29 is 24.6 Å². The maximum Gasteiger partial charge on any atom is 0.345 e. The number of hydrazine groups is 1. The van der Waals surface area contributed by atoms with E-state index >= 15 is 0 Å². The van der Waals surface area contributed by atoms with Crippen LogP contribution in [-0.2, 0) is 14.4 Å². The molecule has 0 bridgehead atoms. The van der Waals surface area contributed by atoms with Crippen LogP contribution in [0, 0.1) is 0 Å². The van der Waals surface area contributed by atoms with E-state index in [9.17, 15) is 14.4 Å². The Morgan fingerprint density at radius 1 is 1.11 bits per heavy atom. The molecule has 0 aliphatic carbocycles. The van der Waals surface area contributed by atoms with Crippen LogP contribution in [0.2, 0.25) is 0 Å². The topological polar surface area (TPSA) is 147 Å². The molecule has 0 aromatic rings.